The second kappa shape index (κ2) is 10.5. The van der Waals surface area contributed by atoms with Crippen molar-refractivity contribution in [3.63, 3.8) is 0 Å². The van der Waals surface area contributed by atoms with E-state index >= 15 is 0 Å². The monoisotopic (exact) mass is 441 g/mol. The quantitative estimate of drug-likeness (QED) is 0.374. The molecule has 0 saturated carbocycles. The van der Waals surface area contributed by atoms with Crippen LogP contribution >= 0.6 is 0 Å². The number of amides is 1. The van der Waals surface area contributed by atoms with Crippen molar-refractivity contribution < 1.29 is 14.3 Å². The maximum Gasteiger partial charge on any atom is 0.256 e. The summed E-state index contributed by atoms with van der Waals surface area (Å²) in [5.41, 5.74) is 3.83. The number of anilines is 1. The SMILES string of the molecule is CCOc1ccc(OCc2cccc(C(=O)Nc3ccn(Cc4ccc(C)cc4)n3)c2)cc1. The fourth-order valence-electron chi connectivity index (χ4n) is 3.35. The van der Waals surface area contributed by atoms with Gasteiger partial charge in [0.1, 0.15) is 18.1 Å². The van der Waals surface area contributed by atoms with Gasteiger partial charge in [-0.05, 0) is 61.4 Å². The minimum Gasteiger partial charge on any atom is -0.494 e. The van der Waals surface area contributed by atoms with Crippen LogP contribution in [0.5, 0.6) is 11.5 Å². The molecule has 0 radical (unpaired) electrons. The number of carbonyl (C=O) groups excluding carboxylic acids is 1. The number of aryl methyl sites for hydroxylation is 1. The molecule has 0 aliphatic carbocycles. The summed E-state index contributed by atoms with van der Waals surface area (Å²) in [6, 6.07) is 25.0. The Bertz CT molecular complexity index is 1200. The molecular weight excluding hydrogens is 414 g/mol. The second-order valence-corrected chi connectivity index (χ2v) is 7.73. The molecule has 3 aromatic carbocycles. The van der Waals surface area contributed by atoms with E-state index in [0.29, 0.717) is 31.1 Å². The van der Waals surface area contributed by atoms with Crippen LogP contribution in [0.4, 0.5) is 5.82 Å². The molecule has 0 spiro atoms. The number of nitrogens with zero attached hydrogens (tertiary/aromatic N) is 2. The number of rotatable bonds is 9. The standard InChI is InChI=1S/C27H27N3O3/c1-3-32-24-11-13-25(14-12-24)33-19-22-5-4-6-23(17-22)27(31)28-26-15-16-30(29-26)18-21-9-7-20(2)8-10-21/h4-17H,3,18-19H2,1-2H3,(H,28,29,31). The van der Waals surface area contributed by atoms with Gasteiger partial charge in [-0.15, -0.1) is 0 Å². The smallest absolute Gasteiger partial charge is 0.256 e. The molecule has 33 heavy (non-hydrogen) atoms. The Morgan fingerprint density at radius 1 is 0.909 bits per heavy atom. The van der Waals surface area contributed by atoms with Crippen LogP contribution in [-0.2, 0) is 13.2 Å². The summed E-state index contributed by atoms with van der Waals surface area (Å²) in [6.45, 7) is 5.65. The van der Waals surface area contributed by atoms with E-state index in [2.05, 4.69) is 41.6 Å². The molecule has 1 heterocycles. The minimum absolute atomic E-state index is 0.210. The van der Waals surface area contributed by atoms with Crippen LogP contribution in [0.15, 0.2) is 85.1 Å². The molecule has 0 atom stereocenters. The van der Waals surface area contributed by atoms with E-state index in [1.165, 1.54) is 5.56 Å². The first kappa shape index (κ1) is 22.1. The first-order chi connectivity index (χ1) is 16.1. The van der Waals surface area contributed by atoms with Gasteiger partial charge in [-0.25, -0.2) is 0 Å². The van der Waals surface area contributed by atoms with Gasteiger partial charge in [0.05, 0.1) is 13.2 Å². The number of carbonyl (C=O) groups is 1. The van der Waals surface area contributed by atoms with Crippen LogP contribution in [0.2, 0.25) is 0 Å². The third-order valence-corrected chi connectivity index (χ3v) is 5.08. The van der Waals surface area contributed by atoms with E-state index in [4.69, 9.17) is 9.47 Å². The van der Waals surface area contributed by atoms with Gasteiger partial charge in [0.2, 0.25) is 0 Å². The molecule has 0 unspecified atom stereocenters. The molecular formula is C27H27N3O3. The molecule has 0 fully saturated rings. The topological polar surface area (TPSA) is 65.4 Å². The largest absolute Gasteiger partial charge is 0.494 e. The first-order valence-electron chi connectivity index (χ1n) is 10.9. The fraction of sp³-hybridized carbons (Fsp3) is 0.185. The van der Waals surface area contributed by atoms with Crippen LogP contribution in [0.1, 0.15) is 34.0 Å². The molecule has 6 nitrogen and oxygen atoms in total. The minimum atomic E-state index is -0.210. The predicted octanol–water partition coefficient (Wildman–Crippen LogP) is 5.47. The lowest BCUT2D eigenvalue weighted by atomic mass is 10.1. The number of aromatic nitrogens is 2. The summed E-state index contributed by atoms with van der Waals surface area (Å²) in [7, 11) is 0. The molecule has 0 saturated heterocycles. The van der Waals surface area contributed by atoms with Crippen LogP contribution in [-0.4, -0.2) is 22.3 Å². The van der Waals surface area contributed by atoms with Crippen LogP contribution < -0.4 is 14.8 Å². The van der Waals surface area contributed by atoms with Gasteiger partial charge in [-0.3, -0.25) is 9.48 Å². The van der Waals surface area contributed by atoms with Gasteiger partial charge in [0, 0.05) is 17.8 Å². The zero-order valence-electron chi connectivity index (χ0n) is 18.8. The lowest BCUT2D eigenvalue weighted by Gasteiger charge is -2.09. The van der Waals surface area contributed by atoms with Crippen LogP contribution in [0, 0.1) is 6.92 Å². The van der Waals surface area contributed by atoms with Crippen molar-refractivity contribution in [2.75, 3.05) is 11.9 Å². The molecule has 0 bridgehead atoms. The molecule has 0 aliphatic heterocycles. The summed E-state index contributed by atoms with van der Waals surface area (Å²) in [5.74, 6) is 1.86. The average Bonchev–Trinajstić information content (AvgIpc) is 3.27. The normalized spacial score (nSPS) is 10.6. The highest BCUT2D eigenvalue weighted by Crippen LogP contribution is 2.19. The maximum absolute atomic E-state index is 12.7. The summed E-state index contributed by atoms with van der Waals surface area (Å²) in [4.78, 5) is 12.7. The van der Waals surface area contributed by atoms with Gasteiger partial charge < -0.3 is 14.8 Å². The van der Waals surface area contributed by atoms with Gasteiger partial charge in [-0.2, -0.15) is 5.10 Å². The number of ether oxygens (including phenoxy) is 2. The maximum atomic E-state index is 12.7. The van der Waals surface area contributed by atoms with Crippen molar-refractivity contribution in [2.24, 2.45) is 0 Å². The lowest BCUT2D eigenvalue weighted by molar-refractivity contribution is 0.102. The summed E-state index contributed by atoms with van der Waals surface area (Å²) < 4.78 is 13.1. The molecule has 4 rings (SSSR count). The van der Waals surface area contributed by atoms with E-state index < -0.39 is 0 Å². The van der Waals surface area contributed by atoms with E-state index in [0.717, 1.165) is 22.6 Å². The van der Waals surface area contributed by atoms with Crippen LogP contribution in [0.25, 0.3) is 0 Å². The number of benzene rings is 3. The highest BCUT2D eigenvalue weighted by Gasteiger charge is 2.09. The molecule has 4 aromatic rings. The Hall–Kier alpha value is -4.06. The fourth-order valence-corrected chi connectivity index (χ4v) is 3.35. The third kappa shape index (κ3) is 6.23. The van der Waals surface area contributed by atoms with Crippen molar-refractivity contribution >= 4 is 11.7 Å². The van der Waals surface area contributed by atoms with E-state index in [1.54, 1.807) is 16.8 Å². The number of hydrogen-bond donors (Lipinski definition) is 1. The van der Waals surface area contributed by atoms with Gasteiger partial charge in [-0.1, -0.05) is 42.0 Å². The zero-order valence-corrected chi connectivity index (χ0v) is 18.8. The van der Waals surface area contributed by atoms with Gasteiger partial charge >= 0.3 is 0 Å². The third-order valence-electron chi connectivity index (χ3n) is 5.08. The van der Waals surface area contributed by atoms with Crippen molar-refractivity contribution in [2.45, 2.75) is 27.0 Å². The lowest BCUT2D eigenvalue weighted by Crippen LogP contribution is -2.13. The molecule has 6 heteroatoms. The highest BCUT2D eigenvalue weighted by atomic mass is 16.5. The number of nitrogens with one attached hydrogen (secondary N) is 1. The Morgan fingerprint density at radius 3 is 2.36 bits per heavy atom. The zero-order chi connectivity index (χ0) is 23.0. The van der Waals surface area contributed by atoms with Gasteiger partial charge in [0.25, 0.3) is 5.91 Å². The van der Waals surface area contributed by atoms with Crippen molar-refractivity contribution in [1.82, 2.24) is 9.78 Å². The Balaban J connectivity index is 1.33. The predicted molar refractivity (Wildman–Crippen MR) is 129 cm³/mol. The summed E-state index contributed by atoms with van der Waals surface area (Å²) >= 11 is 0. The van der Waals surface area contributed by atoms with Crippen LogP contribution in [0.3, 0.4) is 0 Å². The Morgan fingerprint density at radius 2 is 1.64 bits per heavy atom. The van der Waals surface area contributed by atoms with E-state index in [1.807, 2.05) is 55.6 Å². The Kier molecular flexibility index (Phi) is 7.05. The molecule has 1 N–H and O–H groups in total. The van der Waals surface area contributed by atoms with E-state index in [-0.39, 0.29) is 5.91 Å². The molecule has 0 aliphatic rings. The summed E-state index contributed by atoms with van der Waals surface area (Å²) in [5, 5.41) is 7.33. The average molecular weight is 442 g/mol. The highest BCUT2D eigenvalue weighted by molar-refractivity contribution is 6.03. The molecule has 1 amide bonds. The second-order valence-electron chi connectivity index (χ2n) is 7.73. The first-order valence-corrected chi connectivity index (χ1v) is 10.9. The van der Waals surface area contributed by atoms with Gasteiger partial charge in [0.15, 0.2) is 5.82 Å². The van der Waals surface area contributed by atoms with E-state index in [9.17, 15) is 4.79 Å². The summed E-state index contributed by atoms with van der Waals surface area (Å²) in [6.07, 6.45) is 1.86. The van der Waals surface area contributed by atoms with Crippen molar-refractivity contribution in [1.29, 1.82) is 0 Å². The molecule has 1 aromatic heterocycles. The number of hydrogen-bond acceptors (Lipinski definition) is 4. The van der Waals surface area contributed by atoms with Crippen molar-refractivity contribution in [3.8, 4) is 11.5 Å². The van der Waals surface area contributed by atoms with Crippen molar-refractivity contribution in [3.05, 3.63) is 107 Å². The molecule has 168 valence electrons. The Labute approximate surface area is 193 Å².